The van der Waals surface area contributed by atoms with Crippen molar-refractivity contribution in [2.24, 2.45) is 5.73 Å². The number of pyridine rings is 1. The third-order valence-electron chi connectivity index (χ3n) is 7.13. The molecular weight excluding hydrogens is 532 g/mol. The Balaban J connectivity index is 1.49. The third-order valence-corrected chi connectivity index (χ3v) is 7.13. The normalized spacial score (nSPS) is 19.9. The summed E-state index contributed by atoms with van der Waals surface area (Å²) in [5.74, 6) is -0.297. The quantitative estimate of drug-likeness (QED) is 0.266. The lowest BCUT2D eigenvalue weighted by molar-refractivity contribution is -0.270. The first-order chi connectivity index (χ1) is 18.8. The van der Waals surface area contributed by atoms with E-state index in [0.717, 1.165) is 31.0 Å². The van der Waals surface area contributed by atoms with E-state index >= 15 is 0 Å². The fraction of sp³-hybridized carbons (Fsp3) is 0.379. The number of alkyl halides is 3. The Hall–Kier alpha value is -3.70. The van der Waals surface area contributed by atoms with Gasteiger partial charge in [0.1, 0.15) is 18.1 Å². The number of Topliss-reactive ketones (excluding diaryl/α,β-unsaturated/α-hetero) is 1. The molecule has 0 radical (unpaired) electrons. The van der Waals surface area contributed by atoms with Crippen LogP contribution in [-0.4, -0.2) is 41.9 Å². The van der Waals surface area contributed by atoms with E-state index in [4.69, 9.17) is 19.9 Å². The van der Waals surface area contributed by atoms with Crippen LogP contribution in [0.15, 0.2) is 48.5 Å². The molecule has 2 aromatic carbocycles. The molecule has 1 aromatic heterocycles. The number of benzene rings is 2. The Bertz CT molecular complexity index is 1440. The van der Waals surface area contributed by atoms with Crippen LogP contribution in [0, 0.1) is 5.82 Å². The van der Waals surface area contributed by atoms with Gasteiger partial charge in [-0.1, -0.05) is 0 Å². The molecule has 11 heteroatoms. The maximum absolute atomic E-state index is 14.5. The summed E-state index contributed by atoms with van der Waals surface area (Å²) in [6.45, 7) is 1.55. The monoisotopic (exact) mass is 560 g/mol. The van der Waals surface area contributed by atoms with Crippen molar-refractivity contribution in [1.29, 1.82) is 0 Å². The minimum absolute atomic E-state index is 0.0216. The van der Waals surface area contributed by atoms with Crippen molar-refractivity contribution in [3.05, 3.63) is 71.2 Å². The number of fused-ring (bicyclic) bond motifs is 1. The highest BCUT2D eigenvalue weighted by Gasteiger charge is 2.56. The lowest BCUT2D eigenvalue weighted by Gasteiger charge is -2.31. The predicted molar refractivity (Wildman–Crippen MR) is 137 cm³/mol. The smallest absolute Gasteiger partial charge is 0.422 e. The number of rotatable bonds is 9. The molecule has 1 aliphatic carbocycles. The summed E-state index contributed by atoms with van der Waals surface area (Å²) in [4.78, 5) is 17.2. The van der Waals surface area contributed by atoms with Crippen molar-refractivity contribution in [1.82, 2.24) is 4.98 Å². The number of aliphatic hydroxyl groups is 1. The molecule has 5 rings (SSSR count). The number of methoxy groups -OCH3 is 1. The fourth-order valence-corrected chi connectivity index (χ4v) is 4.58. The second-order valence-electron chi connectivity index (χ2n) is 10.4. The second kappa shape index (κ2) is 10.0. The summed E-state index contributed by atoms with van der Waals surface area (Å²) in [6, 6.07) is 10.4. The largest absolute Gasteiger partial charge is 0.493 e. The zero-order valence-electron chi connectivity index (χ0n) is 21.8. The van der Waals surface area contributed by atoms with E-state index in [1.165, 1.54) is 31.4 Å². The van der Waals surface area contributed by atoms with E-state index in [9.17, 15) is 27.5 Å². The number of halogens is 4. The zero-order valence-corrected chi connectivity index (χ0v) is 21.8. The van der Waals surface area contributed by atoms with Gasteiger partial charge in [-0.3, -0.25) is 4.79 Å². The first kappa shape index (κ1) is 27.9. The molecule has 0 spiro atoms. The van der Waals surface area contributed by atoms with Gasteiger partial charge in [0.25, 0.3) is 0 Å². The van der Waals surface area contributed by atoms with Crippen molar-refractivity contribution >= 4 is 5.78 Å². The Kier molecular flexibility index (Phi) is 6.99. The standard InChI is InChI=1S/C29H28F4N2O5/c1-27(34)15-39-26-20(27)14-24(35-25(26)16-3-6-18(30)7-4-16)28(37,29(31,32)33)12-11-21(36)17-5-10-22(23(13-17)38-2)40-19-8-9-19/h3-7,10,13-14,19,37H,8-9,11-12,15,34H2,1-2H3/t27-,28-/m0/s1. The Labute approximate surface area is 227 Å². The van der Waals surface area contributed by atoms with Crippen molar-refractivity contribution in [3.63, 3.8) is 0 Å². The number of carbonyl (C=O) groups excluding carboxylic acids is 1. The van der Waals surface area contributed by atoms with Gasteiger partial charge in [-0.2, -0.15) is 13.2 Å². The lowest BCUT2D eigenvalue weighted by Crippen LogP contribution is -2.44. The van der Waals surface area contributed by atoms with Gasteiger partial charge in [-0.15, -0.1) is 0 Å². The number of ether oxygens (including phenoxy) is 3. The van der Waals surface area contributed by atoms with Crippen molar-refractivity contribution in [2.75, 3.05) is 13.7 Å². The minimum Gasteiger partial charge on any atom is -0.493 e. The summed E-state index contributed by atoms with van der Waals surface area (Å²) in [6.07, 6.45) is -4.95. The molecule has 3 aromatic rings. The van der Waals surface area contributed by atoms with Crippen molar-refractivity contribution in [2.45, 2.75) is 56.0 Å². The van der Waals surface area contributed by atoms with E-state index in [-0.39, 0.29) is 46.6 Å². The molecule has 1 saturated carbocycles. The molecule has 3 N–H and O–H groups in total. The number of aromatic nitrogens is 1. The predicted octanol–water partition coefficient (Wildman–Crippen LogP) is 5.42. The number of carbonyl (C=O) groups is 1. The summed E-state index contributed by atoms with van der Waals surface area (Å²) < 4.78 is 73.8. The molecule has 2 heterocycles. The molecule has 0 amide bonds. The van der Waals surface area contributed by atoms with Gasteiger partial charge in [0, 0.05) is 23.1 Å². The lowest BCUT2D eigenvalue weighted by atomic mass is 9.86. The van der Waals surface area contributed by atoms with Gasteiger partial charge in [0.05, 0.1) is 24.4 Å². The van der Waals surface area contributed by atoms with Crippen LogP contribution in [-0.2, 0) is 11.1 Å². The summed E-state index contributed by atoms with van der Waals surface area (Å²) in [5.41, 5.74) is 1.47. The number of nitrogens with two attached hydrogens (primary N) is 1. The molecule has 0 bridgehead atoms. The van der Waals surface area contributed by atoms with E-state index < -0.39 is 47.5 Å². The summed E-state index contributed by atoms with van der Waals surface area (Å²) in [7, 11) is 1.40. The van der Waals surface area contributed by atoms with E-state index in [1.54, 1.807) is 13.0 Å². The molecule has 2 aliphatic rings. The highest BCUT2D eigenvalue weighted by atomic mass is 19.4. The zero-order chi connectivity index (χ0) is 28.9. The average Bonchev–Trinajstić information content (AvgIpc) is 3.68. The van der Waals surface area contributed by atoms with Crippen LogP contribution in [0.2, 0.25) is 0 Å². The van der Waals surface area contributed by atoms with Crippen LogP contribution in [0.4, 0.5) is 17.6 Å². The molecule has 0 saturated heterocycles. The van der Waals surface area contributed by atoms with Crippen molar-refractivity contribution in [3.8, 4) is 28.5 Å². The van der Waals surface area contributed by atoms with E-state index in [0.29, 0.717) is 5.75 Å². The van der Waals surface area contributed by atoms with Crippen LogP contribution in [0.5, 0.6) is 17.2 Å². The Morgan fingerprint density at radius 2 is 1.85 bits per heavy atom. The molecule has 1 aliphatic heterocycles. The van der Waals surface area contributed by atoms with Crippen LogP contribution < -0.4 is 19.9 Å². The molecule has 212 valence electrons. The number of ketones is 1. The molecule has 40 heavy (non-hydrogen) atoms. The Morgan fingerprint density at radius 1 is 1.15 bits per heavy atom. The molecular formula is C29H28F4N2O5. The fourth-order valence-electron chi connectivity index (χ4n) is 4.58. The van der Waals surface area contributed by atoms with Crippen LogP contribution >= 0.6 is 0 Å². The van der Waals surface area contributed by atoms with Gasteiger partial charge < -0.3 is 25.1 Å². The van der Waals surface area contributed by atoms with Crippen LogP contribution in [0.25, 0.3) is 11.3 Å². The summed E-state index contributed by atoms with van der Waals surface area (Å²) >= 11 is 0. The average molecular weight is 561 g/mol. The van der Waals surface area contributed by atoms with Crippen molar-refractivity contribution < 1.29 is 41.7 Å². The molecule has 7 nitrogen and oxygen atoms in total. The maximum atomic E-state index is 14.5. The first-order valence-electron chi connectivity index (χ1n) is 12.7. The topological polar surface area (TPSA) is 104 Å². The SMILES string of the molecule is COc1cc(C(=O)CC[C@](O)(c2cc3c(c(-c4ccc(F)cc4)n2)OC[C@]3(C)N)C(F)(F)F)ccc1OC1CC1. The van der Waals surface area contributed by atoms with Crippen LogP contribution in [0.1, 0.15) is 54.2 Å². The highest BCUT2D eigenvalue weighted by molar-refractivity contribution is 5.96. The summed E-state index contributed by atoms with van der Waals surface area (Å²) in [5, 5.41) is 11.2. The van der Waals surface area contributed by atoms with Gasteiger partial charge in [0.15, 0.2) is 23.0 Å². The second-order valence-corrected chi connectivity index (χ2v) is 10.4. The molecule has 2 atom stereocenters. The van der Waals surface area contributed by atoms with E-state index in [2.05, 4.69) is 4.98 Å². The Morgan fingerprint density at radius 3 is 2.48 bits per heavy atom. The number of nitrogens with zero attached hydrogens (tertiary/aromatic N) is 1. The van der Waals surface area contributed by atoms with Gasteiger partial charge in [0.2, 0.25) is 5.60 Å². The maximum Gasteiger partial charge on any atom is 0.422 e. The van der Waals surface area contributed by atoms with Crippen LogP contribution in [0.3, 0.4) is 0 Å². The number of hydrogen-bond acceptors (Lipinski definition) is 7. The van der Waals surface area contributed by atoms with Gasteiger partial charge >= 0.3 is 6.18 Å². The third kappa shape index (κ3) is 5.23. The first-order valence-corrected chi connectivity index (χ1v) is 12.7. The van der Waals surface area contributed by atoms with Gasteiger partial charge in [-0.05, 0) is 74.7 Å². The number of hydrogen-bond donors (Lipinski definition) is 2. The molecule has 1 fully saturated rings. The van der Waals surface area contributed by atoms with Gasteiger partial charge in [-0.25, -0.2) is 9.37 Å². The molecule has 0 unspecified atom stereocenters. The van der Waals surface area contributed by atoms with E-state index in [1.807, 2.05) is 0 Å². The highest BCUT2D eigenvalue weighted by Crippen LogP contribution is 2.48. The minimum atomic E-state index is -5.20.